The molecule has 4 heteroatoms. The van der Waals surface area contributed by atoms with Crippen molar-refractivity contribution in [2.75, 3.05) is 26.2 Å². The lowest BCUT2D eigenvalue weighted by atomic mass is 10.3. The molecule has 0 aromatic heterocycles. The van der Waals surface area contributed by atoms with E-state index in [0.717, 1.165) is 19.5 Å². The average Bonchev–Trinajstić information content (AvgIpc) is 2.14. The third-order valence-electron chi connectivity index (χ3n) is 1.89. The molecule has 1 atom stereocenters. The summed E-state index contributed by atoms with van der Waals surface area (Å²) >= 11 is 0. The third kappa shape index (κ3) is 6.54. The van der Waals surface area contributed by atoms with E-state index < -0.39 is 6.10 Å². The SMILES string of the molecule is CCCN(CC)CC(O)CNC=O. The van der Waals surface area contributed by atoms with E-state index in [0.29, 0.717) is 19.5 Å². The topological polar surface area (TPSA) is 52.6 Å². The van der Waals surface area contributed by atoms with Gasteiger partial charge in [-0.25, -0.2) is 0 Å². The molecule has 1 unspecified atom stereocenters. The summed E-state index contributed by atoms with van der Waals surface area (Å²) in [5.41, 5.74) is 0. The number of rotatable bonds is 8. The van der Waals surface area contributed by atoms with Crippen LogP contribution in [0.15, 0.2) is 0 Å². The number of likely N-dealkylation sites (N-methyl/N-ethyl adjacent to an activating group) is 1. The molecular weight excluding hydrogens is 168 g/mol. The molecule has 0 saturated carbocycles. The van der Waals surface area contributed by atoms with Gasteiger partial charge in [-0.3, -0.25) is 4.79 Å². The van der Waals surface area contributed by atoms with Crippen LogP contribution in [0.4, 0.5) is 0 Å². The predicted molar refractivity (Wildman–Crippen MR) is 52.5 cm³/mol. The lowest BCUT2D eigenvalue weighted by Gasteiger charge is -2.22. The van der Waals surface area contributed by atoms with Gasteiger partial charge in [-0.2, -0.15) is 0 Å². The van der Waals surface area contributed by atoms with Gasteiger partial charge in [-0.1, -0.05) is 13.8 Å². The van der Waals surface area contributed by atoms with Crippen LogP contribution in [-0.4, -0.2) is 48.7 Å². The second-order valence-corrected chi connectivity index (χ2v) is 3.07. The van der Waals surface area contributed by atoms with Crippen molar-refractivity contribution < 1.29 is 9.90 Å². The smallest absolute Gasteiger partial charge is 0.207 e. The fourth-order valence-electron chi connectivity index (χ4n) is 1.24. The molecule has 0 fully saturated rings. The number of aliphatic hydroxyl groups is 1. The van der Waals surface area contributed by atoms with Crippen molar-refractivity contribution in [3.63, 3.8) is 0 Å². The van der Waals surface area contributed by atoms with Gasteiger partial charge in [0.2, 0.25) is 6.41 Å². The van der Waals surface area contributed by atoms with Gasteiger partial charge in [-0.15, -0.1) is 0 Å². The van der Waals surface area contributed by atoms with Crippen molar-refractivity contribution in [1.29, 1.82) is 0 Å². The van der Waals surface area contributed by atoms with E-state index in [1.54, 1.807) is 0 Å². The van der Waals surface area contributed by atoms with E-state index in [1.165, 1.54) is 0 Å². The zero-order chi connectivity index (χ0) is 10.1. The lowest BCUT2D eigenvalue weighted by molar-refractivity contribution is -0.110. The number of nitrogens with one attached hydrogen (secondary N) is 1. The minimum absolute atomic E-state index is 0.337. The molecule has 0 aliphatic carbocycles. The van der Waals surface area contributed by atoms with E-state index in [9.17, 15) is 9.90 Å². The van der Waals surface area contributed by atoms with Crippen molar-refractivity contribution in [3.05, 3.63) is 0 Å². The lowest BCUT2D eigenvalue weighted by Crippen LogP contribution is -2.38. The molecule has 78 valence electrons. The molecule has 0 saturated heterocycles. The number of carbonyl (C=O) groups excluding carboxylic acids is 1. The first-order valence-electron chi connectivity index (χ1n) is 4.82. The predicted octanol–water partition coefficient (Wildman–Crippen LogP) is -0.175. The summed E-state index contributed by atoms with van der Waals surface area (Å²) in [7, 11) is 0. The highest BCUT2D eigenvalue weighted by atomic mass is 16.3. The average molecular weight is 188 g/mol. The van der Waals surface area contributed by atoms with Gasteiger partial charge in [0.25, 0.3) is 0 Å². The molecule has 0 radical (unpaired) electrons. The summed E-state index contributed by atoms with van der Waals surface area (Å²) in [6.07, 6.45) is 1.23. The molecule has 0 aliphatic rings. The normalized spacial score (nSPS) is 12.9. The molecule has 1 amide bonds. The zero-order valence-electron chi connectivity index (χ0n) is 8.49. The summed E-state index contributed by atoms with van der Waals surface area (Å²) in [6.45, 7) is 7.07. The highest BCUT2D eigenvalue weighted by molar-refractivity contribution is 5.45. The van der Waals surface area contributed by atoms with Gasteiger partial charge in [0, 0.05) is 13.1 Å². The van der Waals surface area contributed by atoms with E-state index in [4.69, 9.17) is 0 Å². The molecule has 0 aliphatic heterocycles. The van der Waals surface area contributed by atoms with Crippen molar-refractivity contribution in [1.82, 2.24) is 10.2 Å². The highest BCUT2D eigenvalue weighted by Crippen LogP contribution is 1.93. The zero-order valence-corrected chi connectivity index (χ0v) is 8.49. The summed E-state index contributed by atoms with van der Waals surface area (Å²) in [6, 6.07) is 0. The van der Waals surface area contributed by atoms with E-state index in [1.807, 2.05) is 0 Å². The molecule has 0 aromatic carbocycles. The van der Waals surface area contributed by atoms with Crippen LogP contribution in [0.25, 0.3) is 0 Å². The molecule has 4 nitrogen and oxygen atoms in total. The van der Waals surface area contributed by atoms with E-state index in [-0.39, 0.29) is 0 Å². The Morgan fingerprint density at radius 3 is 2.69 bits per heavy atom. The first-order valence-corrected chi connectivity index (χ1v) is 4.82. The molecule has 0 bridgehead atoms. The van der Waals surface area contributed by atoms with Gasteiger partial charge >= 0.3 is 0 Å². The number of nitrogens with zero attached hydrogens (tertiary/aromatic N) is 1. The second kappa shape index (κ2) is 8.01. The number of hydrogen-bond donors (Lipinski definition) is 2. The van der Waals surface area contributed by atoms with Crippen molar-refractivity contribution in [2.45, 2.75) is 26.4 Å². The van der Waals surface area contributed by atoms with Crippen LogP contribution in [0.5, 0.6) is 0 Å². The Bertz CT molecular complexity index is 131. The van der Waals surface area contributed by atoms with Gasteiger partial charge in [-0.05, 0) is 19.5 Å². The second-order valence-electron chi connectivity index (χ2n) is 3.07. The molecule has 0 rings (SSSR count). The standard InChI is InChI=1S/C9H20N2O2/c1-3-5-11(4-2)7-9(13)6-10-8-12/h8-9,13H,3-7H2,1-2H3,(H,10,12). The summed E-state index contributed by atoms with van der Waals surface area (Å²) < 4.78 is 0. The minimum atomic E-state index is -0.461. The number of carbonyl (C=O) groups is 1. The molecule has 0 heterocycles. The maximum atomic E-state index is 9.95. The van der Waals surface area contributed by atoms with Crippen LogP contribution in [0.1, 0.15) is 20.3 Å². The van der Waals surface area contributed by atoms with E-state index in [2.05, 4.69) is 24.1 Å². The maximum absolute atomic E-state index is 9.95. The van der Waals surface area contributed by atoms with Crippen LogP contribution >= 0.6 is 0 Å². The Morgan fingerprint density at radius 1 is 1.54 bits per heavy atom. The number of amides is 1. The van der Waals surface area contributed by atoms with Gasteiger partial charge in [0.1, 0.15) is 0 Å². The molecular formula is C9H20N2O2. The molecule has 13 heavy (non-hydrogen) atoms. The number of hydrogen-bond acceptors (Lipinski definition) is 3. The minimum Gasteiger partial charge on any atom is -0.390 e. The van der Waals surface area contributed by atoms with Crippen LogP contribution in [-0.2, 0) is 4.79 Å². The Morgan fingerprint density at radius 2 is 2.23 bits per heavy atom. The largest absolute Gasteiger partial charge is 0.390 e. The summed E-state index contributed by atoms with van der Waals surface area (Å²) in [4.78, 5) is 12.1. The summed E-state index contributed by atoms with van der Waals surface area (Å²) in [5.74, 6) is 0. The van der Waals surface area contributed by atoms with Crippen molar-refractivity contribution in [2.24, 2.45) is 0 Å². The van der Waals surface area contributed by atoms with Crippen LogP contribution in [0.3, 0.4) is 0 Å². The molecule has 0 spiro atoms. The van der Waals surface area contributed by atoms with Crippen LogP contribution in [0, 0.1) is 0 Å². The van der Waals surface area contributed by atoms with Crippen molar-refractivity contribution in [3.8, 4) is 0 Å². The Balaban J connectivity index is 3.58. The quantitative estimate of drug-likeness (QED) is 0.520. The van der Waals surface area contributed by atoms with E-state index >= 15 is 0 Å². The number of aliphatic hydroxyl groups excluding tert-OH is 1. The Hall–Kier alpha value is -0.610. The Labute approximate surface area is 79.9 Å². The highest BCUT2D eigenvalue weighted by Gasteiger charge is 2.08. The monoisotopic (exact) mass is 188 g/mol. The first kappa shape index (κ1) is 12.4. The third-order valence-corrected chi connectivity index (χ3v) is 1.89. The van der Waals surface area contributed by atoms with Gasteiger partial charge < -0.3 is 15.3 Å². The molecule has 2 N–H and O–H groups in total. The van der Waals surface area contributed by atoms with Crippen LogP contribution < -0.4 is 5.32 Å². The maximum Gasteiger partial charge on any atom is 0.207 e. The Kier molecular flexibility index (Phi) is 7.63. The van der Waals surface area contributed by atoms with Gasteiger partial charge in [0.05, 0.1) is 6.10 Å². The first-order chi connectivity index (χ1) is 6.24. The summed E-state index contributed by atoms with van der Waals surface area (Å²) in [5, 5.41) is 11.9. The fraction of sp³-hybridized carbons (Fsp3) is 0.889. The fourth-order valence-corrected chi connectivity index (χ4v) is 1.24. The van der Waals surface area contributed by atoms with Crippen LogP contribution in [0.2, 0.25) is 0 Å². The molecule has 0 aromatic rings. The van der Waals surface area contributed by atoms with Gasteiger partial charge in [0.15, 0.2) is 0 Å². The van der Waals surface area contributed by atoms with Crippen molar-refractivity contribution >= 4 is 6.41 Å².